The van der Waals surface area contributed by atoms with Crippen LogP contribution >= 0.6 is 0 Å². The second kappa shape index (κ2) is 23.4. The molecule has 292 valence electrons. The fraction of sp³-hybridized carbons (Fsp3) is 0.744. The Morgan fingerprint density at radius 2 is 1.63 bits per heavy atom. The first kappa shape index (κ1) is 45.8. The van der Waals surface area contributed by atoms with E-state index >= 15 is 0 Å². The Morgan fingerprint density at radius 1 is 0.980 bits per heavy atom. The minimum Gasteiger partial charge on any atom is -0.399 e. The van der Waals surface area contributed by atoms with Crippen molar-refractivity contribution in [2.75, 3.05) is 60.7 Å². The lowest BCUT2D eigenvalue weighted by molar-refractivity contribution is -0.145. The molecule has 0 radical (unpaired) electrons. The highest BCUT2D eigenvalue weighted by molar-refractivity contribution is 5.87. The summed E-state index contributed by atoms with van der Waals surface area (Å²) in [6.45, 7) is 15.0. The van der Waals surface area contributed by atoms with Crippen molar-refractivity contribution < 1.29 is 28.7 Å². The number of nitrogens with two attached hydrogens (primary N) is 1. The van der Waals surface area contributed by atoms with E-state index in [0.29, 0.717) is 25.2 Å². The molecule has 0 aliphatic carbocycles. The molecule has 0 saturated carbocycles. The Morgan fingerprint density at radius 3 is 2.16 bits per heavy atom. The summed E-state index contributed by atoms with van der Waals surface area (Å²) in [5.74, 6) is -1.07. The molecule has 0 aromatic heterocycles. The van der Waals surface area contributed by atoms with Gasteiger partial charge in [-0.05, 0) is 62.9 Å². The van der Waals surface area contributed by atoms with Gasteiger partial charge in [0.1, 0.15) is 0 Å². The summed E-state index contributed by atoms with van der Waals surface area (Å²) in [5.41, 5.74) is 7.61. The van der Waals surface area contributed by atoms with Crippen molar-refractivity contribution in [3.05, 3.63) is 29.8 Å². The third-order valence-corrected chi connectivity index (χ3v) is 9.84. The number of hydrogen-bond donors (Lipinski definition) is 3. The molecule has 1 aromatic rings. The summed E-state index contributed by atoms with van der Waals surface area (Å²) in [6, 6.07) is 6.58. The molecule has 2 rings (SSSR count). The molecule has 12 heteroatoms. The number of amides is 4. The third kappa shape index (κ3) is 14.0. The van der Waals surface area contributed by atoms with Gasteiger partial charge in [-0.25, -0.2) is 0 Å². The van der Waals surface area contributed by atoms with E-state index in [-0.39, 0.29) is 60.5 Å². The van der Waals surface area contributed by atoms with Gasteiger partial charge in [-0.2, -0.15) is 0 Å². The average Bonchev–Trinajstić information content (AvgIpc) is 3.56. The highest BCUT2D eigenvalue weighted by Crippen LogP contribution is 2.29. The minimum absolute atomic E-state index is 0.0229. The van der Waals surface area contributed by atoms with Crippen LogP contribution < -0.4 is 16.4 Å². The molecule has 1 aromatic carbocycles. The number of nitrogens with zero attached hydrogens (tertiary/aromatic N) is 3. The second-order valence-corrected chi connectivity index (χ2v) is 14.5. The minimum atomic E-state index is -0.572. The van der Waals surface area contributed by atoms with E-state index in [1.54, 1.807) is 26.2 Å². The number of nitrogens with one attached hydrogen (secondary N) is 2. The fourth-order valence-electron chi connectivity index (χ4n) is 7.09. The van der Waals surface area contributed by atoms with Gasteiger partial charge in [0.25, 0.3) is 0 Å². The molecule has 1 heterocycles. The monoisotopic (exact) mass is 719 g/mol. The maximum absolute atomic E-state index is 13.9. The first-order chi connectivity index (χ1) is 24.1. The van der Waals surface area contributed by atoms with Crippen LogP contribution in [0.3, 0.4) is 0 Å². The van der Waals surface area contributed by atoms with Gasteiger partial charge >= 0.3 is 0 Å². The molecule has 0 bridgehead atoms. The number of likely N-dealkylation sites (N-methyl/N-ethyl adjacent to an activating group) is 2. The van der Waals surface area contributed by atoms with Crippen molar-refractivity contribution in [1.82, 2.24) is 25.3 Å². The van der Waals surface area contributed by atoms with Crippen LogP contribution in [0.1, 0.15) is 86.1 Å². The molecule has 4 N–H and O–H groups in total. The Hall–Kier alpha value is -3.22. The molecule has 1 aliphatic heterocycles. The molecule has 4 amide bonds. The van der Waals surface area contributed by atoms with Crippen molar-refractivity contribution in [3.8, 4) is 0 Å². The second-order valence-electron chi connectivity index (χ2n) is 14.5. The van der Waals surface area contributed by atoms with Crippen LogP contribution in [-0.2, 0) is 35.1 Å². The number of carbonyl (C=O) groups excluding carboxylic acids is 4. The van der Waals surface area contributed by atoms with Gasteiger partial charge < -0.3 is 35.6 Å². The number of hydrogen-bond acceptors (Lipinski definition) is 8. The number of anilines is 1. The highest BCUT2D eigenvalue weighted by atomic mass is 16.5. The molecule has 51 heavy (non-hydrogen) atoms. The number of likely N-dealkylation sites (tertiary alicyclic amines) is 1. The van der Waals surface area contributed by atoms with Gasteiger partial charge in [-0.15, -0.1) is 0 Å². The number of carbonyl (C=O) groups is 4. The average molecular weight is 719 g/mol. The van der Waals surface area contributed by atoms with Crippen molar-refractivity contribution in [2.24, 2.45) is 17.8 Å². The summed E-state index contributed by atoms with van der Waals surface area (Å²) in [5, 5.41) is 5.82. The zero-order valence-electron chi connectivity index (χ0n) is 33.7. The number of benzene rings is 1. The van der Waals surface area contributed by atoms with E-state index in [9.17, 15) is 19.2 Å². The lowest BCUT2D eigenvalue weighted by Gasteiger charge is -2.39. The van der Waals surface area contributed by atoms with E-state index in [1.807, 2.05) is 82.8 Å². The standard InChI is InChI=1S/C36H62N6O6.C3H8/c1-11-24(4)33(41(8)31(44)22-39-36(46)32(23(2)3)40(6)7)29(47-9)21-30(43)42-19-13-16-28(42)34(48-10)25(5)35(45)38-18-17-26-14-12-15-27(37)20-26;1-3-2/h12,14-15,20,23-25,28-29,32-34H,11,13,16-19,21-22,37H2,1-10H3,(H,38,45)(H,39,46);3H2,1-2H3. The topological polar surface area (TPSA) is 147 Å². The molecule has 1 aliphatic rings. The Labute approximate surface area is 308 Å². The van der Waals surface area contributed by atoms with E-state index < -0.39 is 24.2 Å². The van der Waals surface area contributed by atoms with Gasteiger partial charge in [0.05, 0.1) is 49.2 Å². The molecule has 12 nitrogen and oxygen atoms in total. The van der Waals surface area contributed by atoms with Crippen LogP contribution in [0.25, 0.3) is 0 Å². The smallest absolute Gasteiger partial charge is 0.242 e. The highest BCUT2D eigenvalue weighted by Gasteiger charge is 2.42. The number of rotatable bonds is 19. The van der Waals surface area contributed by atoms with Gasteiger partial charge in [-0.3, -0.25) is 24.1 Å². The van der Waals surface area contributed by atoms with Crippen molar-refractivity contribution in [1.29, 1.82) is 0 Å². The van der Waals surface area contributed by atoms with Gasteiger partial charge in [0.15, 0.2) is 0 Å². The van der Waals surface area contributed by atoms with E-state index in [4.69, 9.17) is 15.2 Å². The molecular weight excluding hydrogens is 648 g/mol. The van der Waals surface area contributed by atoms with Crippen LogP contribution in [0.5, 0.6) is 0 Å². The predicted molar refractivity (Wildman–Crippen MR) is 205 cm³/mol. The van der Waals surface area contributed by atoms with Crippen LogP contribution in [-0.4, -0.2) is 124 Å². The van der Waals surface area contributed by atoms with E-state index in [2.05, 4.69) is 24.5 Å². The summed E-state index contributed by atoms with van der Waals surface area (Å²) in [4.78, 5) is 58.7. The first-order valence-electron chi connectivity index (χ1n) is 18.8. The summed E-state index contributed by atoms with van der Waals surface area (Å²) in [7, 11) is 8.54. The zero-order chi connectivity index (χ0) is 38.8. The van der Waals surface area contributed by atoms with Crippen LogP contribution in [0.15, 0.2) is 24.3 Å². The summed E-state index contributed by atoms with van der Waals surface area (Å²) in [6.07, 6.45) is 3.20. The van der Waals surface area contributed by atoms with Gasteiger partial charge in [0, 0.05) is 40.0 Å². The first-order valence-corrected chi connectivity index (χ1v) is 18.8. The summed E-state index contributed by atoms with van der Waals surface area (Å²) >= 11 is 0. The molecule has 7 atom stereocenters. The van der Waals surface area contributed by atoms with Crippen molar-refractivity contribution in [2.45, 2.75) is 117 Å². The lowest BCUT2D eigenvalue weighted by atomic mass is 9.90. The number of nitrogen functional groups attached to an aromatic ring is 1. The summed E-state index contributed by atoms with van der Waals surface area (Å²) < 4.78 is 11.8. The van der Waals surface area contributed by atoms with Crippen LogP contribution in [0.4, 0.5) is 5.69 Å². The Bertz CT molecular complexity index is 1200. The molecule has 1 saturated heterocycles. The molecule has 7 unspecified atom stereocenters. The van der Waals surface area contributed by atoms with Gasteiger partial charge in [-0.1, -0.05) is 73.4 Å². The molecule has 0 spiro atoms. The molecule has 1 fully saturated rings. The Balaban J connectivity index is 0.00000418. The number of methoxy groups -OCH3 is 2. The normalized spacial score (nSPS) is 17.8. The Kier molecular flexibility index (Phi) is 21.0. The fourth-order valence-corrected chi connectivity index (χ4v) is 7.09. The third-order valence-electron chi connectivity index (χ3n) is 9.84. The molecular formula is C39H70N6O6. The van der Waals surface area contributed by atoms with Crippen molar-refractivity contribution >= 4 is 29.3 Å². The van der Waals surface area contributed by atoms with Crippen LogP contribution in [0, 0.1) is 17.8 Å². The van der Waals surface area contributed by atoms with E-state index in [0.717, 1.165) is 24.8 Å². The SMILES string of the molecule is CCC.CCC(C)C(C(CC(=O)N1CCCC1C(OC)C(C)C(=O)NCCc1cccc(N)c1)OC)N(C)C(=O)CNC(=O)C(C(C)C)N(C)C. The maximum Gasteiger partial charge on any atom is 0.242 e. The largest absolute Gasteiger partial charge is 0.399 e. The van der Waals surface area contributed by atoms with E-state index in [1.165, 1.54) is 6.42 Å². The van der Waals surface area contributed by atoms with Gasteiger partial charge in [0.2, 0.25) is 23.6 Å². The lowest BCUT2D eigenvalue weighted by Crippen LogP contribution is -2.55. The maximum atomic E-state index is 13.9. The zero-order valence-corrected chi connectivity index (χ0v) is 33.7. The van der Waals surface area contributed by atoms with Crippen LogP contribution in [0.2, 0.25) is 0 Å². The predicted octanol–water partition coefficient (Wildman–Crippen LogP) is 3.97. The quantitative estimate of drug-likeness (QED) is 0.182. The number of ether oxygens (including phenoxy) is 2. The van der Waals surface area contributed by atoms with Crippen molar-refractivity contribution in [3.63, 3.8) is 0 Å².